The predicted octanol–water partition coefficient (Wildman–Crippen LogP) is 5.05. The molecule has 3 aromatic rings. The maximum atomic E-state index is 14.0. The zero-order valence-corrected chi connectivity index (χ0v) is 20.8. The molecule has 1 aliphatic rings. The number of thioether (sulfide) groups is 1. The first kappa shape index (κ1) is 24.6. The van der Waals surface area contributed by atoms with Gasteiger partial charge in [-0.15, -0.1) is 11.8 Å². The summed E-state index contributed by atoms with van der Waals surface area (Å²) in [6, 6.07) is 24.4. The van der Waals surface area contributed by atoms with Crippen molar-refractivity contribution >= 4 is 35.1 Å². The highest BCUT2D eigenvalue weighted by molar-refractivity contribution is 7.99. The molecular weight excluding hydrogens is 462 g/mol. The minimum atomic E-state index is -1.04. The Hall–Kier alpha value is -3.49. The monoisotopic (exact) mass is 491 g/mol. The van der Waals surface area contributed by atoms with Crippen LogP contribution in [0.25, 0.3) is 0 Å². The van der Waals surface area contributed by atoms with Crippen LogP contribution in [-0.4, -0.2) is 57.3 Å². The van der Waals surface area contributed by atoms with E-state index in [-0.39, 0.29) is 5.91 Å². The van der Waals surface area contributed by atoms with Crippen LogP contribution in [-0.2, 0) is 9.53 Å². The standard InChI is InChI=1S/C27H29N3O4S/c1-29(2)17-18-30-22-11-7-8-12-23(22)35-25(19-13-15-21(33-3)16-14-19)24(26(30)31)34-27(32)28-20-9-5-4-6-10-20/h4-16,24-25H,17-18H2,1-3H3,(H,28,32). The van der Waals surface area contributed by atoms with E-state index in [0.29, 0.717) is 24.5 Å². The Balaban J connectivity index is 1.71. The highest BCUT2D eigenvalue weighted by Crippen LogP contribution is 2.46. The van der Waals surface area contributed by atoms with Crippen molar-refractivity contribution in [3.05, 3.63) is 84.4 Å². The fourth-order valence-corrected chi connectivity index (χ4v) is 5.16. The number of anilines is 2. The number of benzene rings is 3. The smallest absolute Gasteiger partial charge is 0.412 e. The van der Waals surface area contributed by atoms with Crippen molar-refractivity contribution in [2.45, 2.75) is 16.2 Å². The second kappa shape index (κ2) is 11.3. The lowest BCUT2D eigenvalue weighted by Crippen LogP contribution is -2.45. The highest BCUT2D eigenvalue weighted by atomic mass is 32.2. The van der Waals surface area contributed by atoms with Crippen LogP contribution in [0.1, 0.15) is 10.8 Å². The normalized spacial score (nSPS) is 17.5. The number of para-hydroxylation sites is 2. The Labute approximate surface area is 210 Å². The van der Waals surface area contributed by atoms with E-state index in [1.165, 1.54) is 11.8 Å². The van der Waals surface area contributed by atoms with Gasteiger partial charge in [-0.05, 0) is 56.1 Å². The SMILES string of the molecule is COc1ccc(C2Sc3ccccc3N(CCN(C)C)C(=O)C2OC(=O)Nc2ccccc2)cc1. The van der Waals surface area contributed by atoms with Crippen molar-refractivity contribution in [3.63, 3.8) is 0 Å². The lowest BCUT2D eigenvalue weighted by Gasteiger charge is -2.28. The minimum Gasteiger partial charge on any atom is -0.497 e. The van der Waals surface area contributed by atoms with Gasteiger partial charge in [0, 0.05) is 23.7 Å². The number of methoxy groups -OCH3 is 1. The Bertz CT molecular complexity index is 1150. The van der Waals surface area contributed by atoms with E-state index in [2.05, 4.69) is 5.32 Å². The van der Waals surface area contributed by atoms with Gasteiger partial charge in [0.1, 0.15) is 5.75 Å². The van der Waals surface area contributed by atoms with E-state index in [9.17, 15) is 9.59 Å². The summed E-state index contributed by atoms with van der Waals surface area (Å²) < 4.78 is 11.2. The average molecular weight is 492 g/mol. The minimum absolute atomic E-state index is 0.256. The topological polar surface area (TPSA) is 71.1 Å². The van der Waals surface area contributed by atoms with Gasteiger partial charge >= 0.3 is 6.09 Å². The van der Waals surface area contributed by atoms with Gasteiger partial charge < -0.3 is 19.3 Å². The molecule has 0 saturated carbocycles. The molecule has 0 radical (unpaired) electrons. The first-order chi connectivity index (χ1) is 17.0. The van der Waals surface area contributed by atoms with E-state index < -0.39 is 17.4 Å². The molecule has 0 saturated heterocycles. The summed E-state index contributed by atoms with van der Waals surface area (Å²) in [5.41, 5.74) is 2.28. The zero-order valence-electron chi connectivity index (χ0n) is 20.0. The molecule has 7 nitrogen and oxygen atoms in total. The van der Waals surface area contributed by atoms with E-state index in [4.69, 9.17) is 9.47 Å². The number of hydrogen-bond donors (Lipinski definition) is 1. The Kier molecular flexibility index (Phi) is 7.94. The summed E-state index contributed by atoms with van der Waals surface area (Å²) in [7, 11) is 5.53. The molecule has 1 aliphatic heterocycles. The van der Waals surface area contributed by atoms with E-state index in [1.807, 2.05) is 85.7 Å². The van der Waals surface area contributed by atoms with Crippen LogP contribution in [0.4, 0.5) is 16.2 Å². The molecule has 1 N–H and O–H groups in total. The number of ether oxygens (including phenoxy) is 2. The summed E-state index contributed by atoms with van der Waals surface area (Å²) in [5.74, 6) is 0.458. The number of carbonyl (C=O) groups is 2. The van der Waals surface area contributed by atoms with E-state index in [0.717, 1.165) is 16.1 Å². The fraction of sp³-hybridized carbons (Fsp3) is 0.259. The van der Waals surface area contributed by atoms with Crippen LogP contribution in [0.15, 0.2) is 83.8 Å². The second-order valence-corrected chi connectivity index (χ2v) is 9.57. The molecule has 182 valence electrons. The Morgan fingerprint density at radius 2 is 1.69 bits per heavy atom. The first-order valence-corrected chi connectivity index (χ1v) is 12.2. The van der Waals surface area contributed by atoms with Crippen molar-refractivity contribution in [1.29, 1.82) is 0 Å². The molecule has 0 bridgehead atoms. The van der Waals surface area contributed by atoms with Gasteiger partial charge in [0.25, 0.3) is 5.91 Å². The van der Waals surface area contributed by atoms with Crippen molar-refractivity contribution in [3.8, 4) is 5.75 Å². The van der Waals surface area contributed by atoms with Gasteiger partial charge in [-0.25, -0.2) is 4.79 Å². The molecule has 3 aromatic carbocycles. The van der Waals surface area contributed by atoms with Gasteiger partial charge in [0.05, 0.1) is 18.0 Å². The molecule has 2 atom stereocenters. The van der Waals surface area contributed by atoms with E-state index in [1.54, 1.807) is 24.1 Å². The summed E-state index contributed by atoms with van der Waals surface area (Å²) in [5, 5.41) is 2.29. The fourth-order valence-electron chi connectivity index (χ4n) is 3.84. The summed E-state index contributed by atoms with van der Waals surface area (Å²) in [6.45, 7) is 1.14. The van der Waals surface area contributed by atoms with Crippen LogP contribution in [0.2, 0.25) is 0 Å². The van der Waals surface area contributed by atoms with Gasteiger partial charge in [0.2, 0.25) is 0 Å². The van der Waals surface area contributed by atoms with Crippen LogP contribution in [0.3, 0.4) is 0 Å². The molecule has 1 heterocycles. The van der Waals surface area contributed by atoms with Gasteiger partial charge in [0.15, 0.2) is 6.10 Å². The number of rotatable bonds is 7. The predicted molar refractivity (Wildman–Crippen MR) is 139 cm³/mol. The zero-order chi connectivity index (χ0) is 24.8. The van der Waals surface area contributed by atoms with Crippen molar-refractivity contribution in [2.75, 3.05) is 44.5 Å². The molecule has 0 spiro atoms. The summed E-state index contributed by atoms with van der Waals surface area (Å²) in [6.07, 6.45) is -1.71. The molecule has 2 unspecified atom stereocenters. The lowest BCUT2D eigenvalue weighted by atomic mass is 10.1. The van der Waals surface area contributed by atoms with Crippen molar-refractivity contribution in [1.82, 2.24) is 4.90 Å². The Morgan fingerprint density at radius 1 is 1.00 bits per heavy atom. The van der Waals surface area contributed by atoms with Crippen molar-refractivity contribution < 1.29 is 19.1 Å². The number of carbonyl (C=O) groups excluding carboxylic acids is 2. The third-order valence-corrected chi connectivity index (χ3v) is 7.04. The number of likely N-dealkylation sites (N-methyl/N-ethyl adjacent to an activating group) is 1. The molecule has 35 heavy (non-hydrogen) atoms. The van der Waals surface area contributed by atoms with Gasteiger partial charge in [-0.2, -0.15) is 0 Å². The van der Waals surface area contributed by atoms with Crippen LogP contribution >= 0.6 is 11.8 Å². The average Bonchev–Trinajstić information content (AvgIpc) is 2.98. The van der Waals surface area contributed by atoms with Crippen LogP contribution in [0, 0.1) is 0 Å². The Morgan fingerprint density at radius 3 is 2.37 bits per heavy atom. The second-order valence-electron chi connectivity index (χ2n) is 8.39. The maximum Gasteiger partial charge on any atom is 0.412 e. The first-order valence-electron chi connectivity index (χ1n) is 11.3. The number of amides is 2. The van der Waals surface area contributed by atoms with Gasteiger partial charge in [-0.1, -0.05) is 42.5 Å². The third-order valence-electron chi connectivity index (χ3n) is 5.66. The maximum absolute atomic E-state index is 14.0. The molecular formula is C27H29N3O4S. The van der Waals surface area contributed by atoms with E-state index >= 15 is 0 Å². The van der Waals surface area contributed by atoms with Crippen LogP contribution < -0.4 is 15.0 Å². The van der Waals surface area contributed by atoms with Gasteiger partial charge in [-0.3, -0.25) is 10.1 Å². The number of nitrogens with one attached hydrogen (secondary N) is 1. The largest absolute Gasteiger partial charge is 0.497 e. The number of hydrogen-bond acceptors (Lipinski definition) is 6. The number of fused-ring (bicyclic) bond motifs is 1. The summed E-state index contributed by atoms with van der Waals surface area (Å²) in [4.78, 5) is 31.6. The molecule has 0 fully saturated rings. The number of nitrogens with zero attached hydrogens (tertiary/aromatic N) is 2. The van der Waals surface area contributed by atoms with Crippen molar-refractivity contribution in [2.24, 2.45) is 0 Å². The third kappa shape index (κ3) is 5.96. The molecule has 0 aromatic heterocycles. The summed E-state index contributed by atoms with van der Waals surface area (Å²) >= 11 is 1.52. The molecule has 0 aliphatic carbocycles. The highest BCUT2D eigenvalue weighted by Gasteiger charge is 2.41. The lowest BCUT2D eigenvalue weighted by molar-refractivity contribution is -0.126. The molecule has 2 amide bonds. The molecule has 8 heteroatoms. The molecule has 4 rings (SSSR count). The quantitative estimate of drug-likeness (QED) is 0.499. The van der Waals surface area contributed by atoms with Crippen LogP contribution in [0.5, 0.6) is 5.75 Å².